The summed E-state index contributed by atoms with van der Waals surface area (Å²) < 4.78 is 0. The second kappa shape index (κ2) is 7.28. The molecular weight excluding hydrogens is 210 g/mol. The lowest BCUT2D eigenvalue weighted by Gasteiger charge is -2.10. The van der Waals surface area contributed by atoms with Crippen molar-refractivity contribution in [3.63, 3.8) is 0 Å². The zero-order chi connectivity index (χ0) is 12.7. The number of anilines is 1. The standard InChI is InChI=1S/C14H25N3/c1-11(2)7-15-9-13-5-6-14(17-10-13)16-8-12(3)4/h5-6,10-12,15H,7-9H2,1-4H3,(H,16,17). The Morgan fingerprint density at radius 3 is 2.29 bits per heavy atom. The molecule has 1 aromatic rings. The van der Waals surface area contributed by atoms with Crippen molar-refractivity contribution in [1.29, 1.82) is 0 Å². The van der Waals surface area contributed by atoms with Crippen LogP contribution in [-0.2, 0) is 6.54 Å². The van der Waals surface area contributed by atoms with Crippen LogP contribution in [0.5, 0.6) is 0 Å². The molecule has 0 spiro atoms. The molecule has 3 nitrogen and oxygen atoms in total. The van der Waals surface area contributed by atoms with Gasteiger partial charge in [-0.25, -0.2) is 4.98 Å². The van der Waals surface area contributed by atoms with E-state index < -0.39 is 0 Å². The molecule has 0 bridgehead atoms. The van der Waals surface area contributed by atoms with E-state index in [-0.39, 0.29) is 0 Å². The summed E-state index contributed by atoms with van der Waals surface area (Å²) in [6.45, 7) is 11.7. The van der Waals surface area contributed by atoms with Gasteiger partial charge in [-0.1, -0.05) is 33.8 Å². The largest absolute Gasteiger partial charge is 0.370 e. The summed E-state index contributed by atoms with van der Waals surface area (Å²) in [4.78, 5) is 4.40. The van der Waals surface area contributed by atoms with Crippen molar-refractivity contribution in [3.8, 4) is 0 Å². The van der Waals surface area contributed by atoms with E-state index in [1.165, 1.54) is 5.56 Å². The number of rotatable bonds is 7. The van der Waals surface area contributed by atoms with Gasteiger partial charge in [-0.05, 0) is 30.0 Å². The first-order chi connectivity index (χ1) is 8.08. The van der Waals surface area contributed by atoms with Gasteiger partial charge < -0.3 is 10.6 Å². The summed E-state index contributed by atoms with van der Waals surface area (Å²) in [5.74, 6) is 2.30. The summed E-state index contributed by atoms with van der Waals surface area (Å²) in [6, 6.07) is 4.18. The van der Waals surface area contributed by atoms with Crippen molar-refractivity contribution < 1.29 is 0 Å². The summed E-state index contributed by atoms with van der Waals surface area (Å²) in [5.41, 5.74) is 1.24. The Morgan fingerprint density at radius 2 is 1.76 bits per heavy atom. The number of nitrogens with zero attached hydrogens (tertiary/aromatic N) is 1. The molecule has 0 saturated heterocycles. The van der Waals surface area contributed by atoms with Gasteiger partial charge in [-0.2, -0.15) is 0 Å². The van der Waals surface area contributed by atoms with Crippen LogP contribution < -0.4 is 10.6 Å². The van der Waals surface area contributed by atoms with Crippen LogP contribution in [0.2, 0.25) is 0 Å². The third kappa shape index (κ3) is 6.27. The smallest absolute Gasteiger partial charge is 0.125 e. The van der Waals surface area contributed by atoms with Crippen LogP contribution in [0.25, 0.3) is 0 Å². The predicted molar refractivity (Wildman–Crippen MR) is 74.1 cm³/mol. The topological polar surface area (TPSA) is 37.0 Å². The molecule has 17 heavy (non-hydrogen) atoms. The molecule has 1 heterocycles. The van der Waals surface area contributed by atoms with Crippen LogP contribution in [0, 0.1) is 11.8 Å². The highest BCUT2D eigenvalue weighted by Crippen LogP contribution is 2.06. The fourth-order valence-electron chi connectivity index (χ4n) is 1.45. The monoisotopic (exact) mass is 235 g/mol. The van der Waals surface area contributed by atoms with Gasteiger partial charge >= 0.3 is 0 Å². The number of hydrogen-bond donors (Lipinski definition) is 2. The van der Waals surface area contributed by atoms with E-state index in [0.717, 1.165) is 25.5 Å². The summed E-state index contributed by atoms with van der Waals surface area (Å²) in [6.07, 6.45) is 1.94. The summed E-state index contributed by atoms with van der Waals surface area (Å²) in [5, 5.41) is 6.72. The molecule has 0 amide bonds. The van der Waals surface area contributed by atoms with Crippen molar-refractivity contribution in [3.05, 3.63) is 23.9 Å². The minimum atomic E-state index is 0.643. The van der Waals surface area contributed by atoms with Crippen LogP contribution in [0.1, 0.15) is 33.3 Å². The quantitative estimate of drug-likeness (QED) is 0.763. The SMILES string of the molecule is CC(C)CNCc1ccc(NCC(C)C)nc1. The fraction of sp³-hybridized carbons (Fsp3) is 0.643. The third-order valence-corrected chi connectivity index (χ3v) is 2.40. The number of pyridine rings is 1. The molecular formula is C14H25N3. The Balaban J connectivity index is 2.34. The Labute approximate surface area is 105 Å². The van der Waals surface area contributed by atoms with Crippen molar-refractivity contribution in [2.75, 3.05) is 18.4 Å². The predicted octanol–water partition coefficient (Wildman–Crippen LogP) is 2.90. The molecule has 2 N–H and O–H groups in total. The molecule has 3 heteroatoms. The molecule has 0 aromatic carbocycles. The van der Waals surface area contributed by atoms with Crippen LogP contribution in [0.3, 0.4) is 0 Å². The molecule has 0 aliphatic heterocycles. The van der Waals surface area contributed by atoms with Crippen molar-refractivity contribution in [2.24, 2.45) is 11.8 Å². The van der Waals surface area contributed by atoms with E-state index >= 15 is 0 Å². The summed E-state index contributed by atoms with van der Waals surface area (Å²) in [7, 11) is 0. The van der Waals surface area contributed by atoms with Gasteiger partial charge in [-0.15, -0.1) is 0 Å². The zero-order valence-corrected chi connectivity index (χ0v) is 11.5. The maximum Gasteiger partial charge on any atom is 0.125 e. The lowest BCUT2D eigenvalue weighted by atomic mass is 10.2. The highest BCUT2D eigenvalue weighted by Gasteiger charge is 1.98. The first-order valence-corrected chi connectivity index (χ1v) is 6.47. The maximum atomic E-state index is 4.40. The van der Waals surface area contributed by atoms with Gasteiger partial charge in [0.15, 0.2) is 0 Å². The van der Waals surface area contributed by atoms with Gasteiger partial charge in [0, 0.05) is 19.3 Å². The van der Waals surface area contributed by atoms with Crippen LogP contribution in [0.15, 0.2) is 18.3 Å². The Bertz CT molecular complexity index is 304. The minimum Gasteiger partial charge on any atom is -0.370 e. The van der Waals surface area contributed by atoms with E-state index in [2.05, 4.69) is 55.4 Å². The van der Waals surface area contributed by atoms with E-state index in [1.807, 2.05) is 6.20 Å². The highest BCUT2D eigenvalue weighted by molar-refractivity contribution is 5.35. The lowest BCUT2D eigenvalue weighted by molar-refractivity contribution is 0.552. The first kappa shape index (κ1) is 14.0. The molecule has 0 atom stereocenters. The van der Waals surface area contributed by atoms with E-state index in [4.69, 9.17) is 0 Å². The Morgan fingerprint density at radius 1 is 1.06 bits per heavy atom. The molecule has 96 valence electrons. The van der Waals surface area contributed by atoms with Gasteiger partial charge in [0.1, 0.15) is 5.82 Å². The van der Waals surface area contributed by atoms with Crippen molar-refractivity contribution in [1.82, 2.24) is 10.3 Å². The molecule has 1 aromatic heterocycles. The average molecular weight is 235 g/mol. The molecule has 0 fully saturated rings. The fourth-order valence-corrected chi connectivity index (χ4v) is 1.45. The van der Waals surface area contributed by atoms with E-state index in [0.29, 0.717) is 11.8 Å². The summed E-state index contributed by atoms with van der Waals surface area (Å²) >= 11 is 0. The number of hydrogen-bond acceptors (Lipinski definition) is 3. The van der Waals surface area contributed by atoms with Crippen molar-refractivity contribution >= 4 is 5.82 Å². The highest BCUT2D eigenvalue weighted by atomic mass is 15.0. The maximum absolute atomic E-state index is 4.40. The van der Waals surface area contributed by atoms with Crippen LogP contribution in [-0.4, -0.2) is 18.1 Å². The van der Waals surface area contributed by atoms with Gasteiger partial charge in [0.25, 0.3) is 0 Å². The second-order valence-electron chi connectivity index (χ2n) is 5.35. The van der Waals surface area contributed by atoms with Gasteiger partial charge in [-0.3, -0.25) is 0 Å². The van der Waals surface area contributed by atoms with Gasteiger partial charge in [0.2, 0.25) is 0 Å². The van der Waals surface area contributed by atoms with E-state index in [1.54, 1.807) is 0 Å². The molecule has 1 rings (SSSR count). The number of nitrogens with one attached hydrogen (secondary N) is 2. The molecule has 0 radical (unpaired) electrons. The third-order valence-electron chi connectivity index (χ3n) is 2.40. The van der Waals surface area contributed by atoms with E-state index in [9.17, 15) is 0 Å². The normalized spacial score (nSPS) is 11.2. The number of aromatic nitrogens is 1. The van der Waals surface area contributed by atoms with Gasteiger partial charge in [0.05, 0.1) is 0 Å². The Hall–Kier alpha value is -1.09. The molecule has 0 aliphatic carbocycles. The molecule has 0 saturated carbocycles. The zero-order valence-electron chi connectivity index (χ0n) is 11.5. The van der Waals surface area contributed by atoms with Crippen molar-refractivity contribution in [2.45, 2.75) is 34.2 Å². The lowest BCUT2D eigenvalue weighted by Crippen LogP contribution is -2.19. The molecule has 0 unspecified atom stereocenters. The minimum absolute atomic E-state index is 0.643. The molecule has 0 aliphatic rings. The first-order valence-electron chi connectivity index (χ1n) is 6.47. The average Bonchev–Trinajstić information content (AvgIpc) is 2.27. The Kier molecular flexibility index (Phi) is 5.98. The second-order valence-corrected chi connectivity index (χ2v) is 5.35. The van der Waals surface area contributed by atoms with Crippen LogP contribution in [0.4, 0.5) is 5.82 Å². The van der Waals surface area contributed by atoms with Crippen LogP contribution >= 0.6 is 0 Å².